The molecule has 0 aliphatic heterocycles. The van der Waals surface area contributed by atoms with E-state index in [1.807, 2.05) is 56.4 Å². The van der Waals surface area contributed by atoms with Gasteiger partial charge in [-0.25, -0.2) is 4.79 Å². The fourth-order valence-corrected chi connectivity index (χ4v) is 5.13. The van der Waals surface area contributed by atoms with Gasteiger partial charge in [-0.15, -0.1) is 0 Å². The third kappa shape index (κ3) is 4.65. The molecule has 1 unspecified atom stereocenters. The molecular formula is C31H33N3O4. The molecule has 0 spiro atoms. The lowest BCUT2D eigenvalue weighted by Gasteiger charge is -2.10. The fraction of sp³-hybridized carbons (Fsp3) is 0.290. The molecule has 5 aromatic rings. The Morgan fingerprint density at radius 2 is 1.82 bits per heavy atom. The standard InChI is InChI=1S/C31H33N3O4/c1-5-37-31(36)30-24(16-10-18-38-26-17-8-12-21-11-6-7-13-22(21)26)23-14-9-15-25(29(23)32-30)27-19(2)34(4)33-28(27)20(3)35/h6-9,11-15,17,20,32,35H,5,10,16,18H2,1-4H3. The van der Waals surface area contributed by atoms with Crippen LogP contribution in [-0.2, 0) is 18.2 Å². The van der Waals surface area contributed by atoms with Gasteiger partial charge in [0.05, 0.1) is 30.5 Å². The number of benzene rings is 3. The van der Waals surface area contributed by atoms with Crippen molar-refractivity contribution in [3.63, 3.8) is 0 Å². The molecule has 3 aromatic carbocycles. The van der Waals surface area contributed by atoms with Gasteiger partial charge in [0.25, 0.3) is 0 Å². The number of nitrogens with one attached hydrogen (secondary N) is 1. The third-order valence-corrected chi connectivity index (χ3v) is 7.03. The number of aliphatic hydroxyl groups excluding tert-OH is 1. The van der Waals surface area contributed by atoms with E-state index in [9.17, 15) is 9.90 Å². The number of nitrogens with zero attached hydrogens (tertiary/aromatic N) is 2. The second kappa shape index (κ2) is 10.7. The second-order valence-corrected chi connectivity index (χ2v) is 9.50. The minimum Gasteiger partial charge on any atom is -0.493 e. The molecule has 0 saturated heterocycles. The maximum Gasteiger partial charge on any atom is 0.355 e. The highest BCUT2D eigenvalue weighted by Crippen LogP contribution is 2.37. The zero-order chi connectivity index (χ0) is 26.8. The van der Waals surface area contributed by atoms with Gasteiger partial charge in [-0.3, -0.25) is 4.68 Å². The molecule has 7 nitrogen and oxygen atoms in total. The summed E-state index contributed by atoms with van der Waals surface area (Å²) in [6.45, 7) is 6.30. The van der Waals surface area contributed by atoms with Crippen LogP contribution in [0.1, 0.15) is 53.8 Å². The highest BCUT2D eigenvalue weighted by atomic mass is 16.5. The molecule has 196 valence electrons. The van der Waals surface area contributed by atoms with Crippen LogP contribution in [0.5, 0.6) is 5.75 Å². The first-order chi connectivity index (χ1) is 18.4. The summed E-state index contributed by atoms with van der Waals surface area (Å²) in [6, 6.07) is 20.2. The summed E-state index contributed by atoms with van der Waals surface area (Å²) in [5.41, 5.74) is 5.50. The average Bonchev–Trinajstić information content (AvgIpc) is 3.44. The Morgan fingerprint density at radius 3 is 2.61 bits per heavy atom. The van der Waals surface area contributed by atoms with Crippen molar-refractivity contribution in [1.29, 1.82) is 0 Å². The molecule has 0 aliphatic rings. The van der Waals surface area contributed by atoms with Crippen LogP contribution in [0.25, 0.3) is 32.8 Å². The molecule has 0 aliphatic carbocycles. The highest BCUT2D eigenvalue weighted by molar-refractivity contribution is 6.04. The fourth-order valence-electron chi connectivity index (χ4n) is 5.13. The molecule has 0 radical (unpaired) electrons. The Hall–Kier alpha value is -4.10. The van der Waals surface area contributed by atoms with Crippen molar-refractivity contribution >= 4 is 27.6 Å². The van der Waals surface area contributed by atoms with E-state index in [0.29, 0.717) is 31.0 Å². The number of para-hydroxylation sites is 1. The SMILES string of the molecule is CCOC(=O)c1[nH]c2c(-c3c(C(C)O)nn(C)c3C)cccc2c1CCCOc1cccc2ccccc12. The quantitative estimate of drug-likeness (QED) is 0.180. The van der Waals surface area contributed by atoms with Crippen molar-refractivity contribution < 1.29 is 19.4 Å². The monoisotopic (exact) mass is 511 g/mol. The topological polar surface area (TPSA) is 89.4 Å². The lowest BCUT2D eigenvalue weighted by atomic mass is 9.97. The van der Waals surface area contributed by atoms with Crippen LogP contribution < -0.4 is 4.74 Å². The van der Waals surface area contributed by atoms with Crippen molar-refractivity contribution in [3.05, 3.63) is 83.3 Å². The lowest BCUT2D eigenvalue weighted by Crippen LogP contribution is -2.09. The summed E-state index contributed by atoms with van der Waals surface area (Å²) in [7, 11) is 1.87. The third-order valence-electron chi connectivity index (χ3n) is 7.03. The summed E-state index contributed by atoms with van der Waals surface area (Å²) in [4.78, 5) is 16.4. The van der Waals surface area contributed by atoms with Gasteiger partial charge in [0, 0.05) is 34.6 Å². The minimum atomic E-state index is -0.731. The normalized spacial score (nSPS) is 12.2. The molecule has 7 heteroatoms. The van der Waals surface area contributed by atoms with Gasteiger partial charge in [-0.1, -0.05) is 54.6 Å². The molecule has 2 N–H and O–H groups in total. The van der Waals surface area contributed by atoms with E-state index < -0.39 is 6.10 Å². The molecule has 2 aromatic heterocycles. The second-order valence-electron chi connectivity index (χ2n) is 9.50. The molecule has 5 rings (SSSR count). The van der Waals surface area contributed by atoms with E-state index in [-0.39, 0.29) is 5.97 Å². The van der Waals surface area contributed by atoms with Crippen molar-refractivity contribution in [2.75, 3.05) is 13.2 Å². The Balaban J connectivity index is 1.49. The number of carbonyl (C=O) groups excluding carboxylic acids is 1. The van der Waals surface area contributed by atoms with Crippen molar-refractivity contribution in [2.24, 2.45) is 7.05 Å². The van der Waals surface area contributed by atoms with E-state index in [1.165, 1.54) is 0 Å². The number of aromatic nitrogens is 3. The molecular weight excluding hydrogens is 478 g/mol. The first kappa shape index (κ1) is 25.5. The number of fused-ring (bicyclic) bond motifs is 2. The number of esters is 1. The maximum atomic E-state index is 13.0. The van der Waals surface area contributed by atoms with Crippen molar-refractivity contribution in [2.45, 2.75) is 39.7 Å². The number of H-pyrrole nitrogens is 1. The van der Waals surface area contributed by atoms with Gasteiger partial charge in [0.1, 0.15) is 11.4 Å². The van der Waals surface area contributed by atoms with Crippen molar-refractivity contribution in [3.8, 4) is 16.9 Å². The number of carbonyl (C=O) groups is 1. The molecule has 38 heavy (non-hydrogen) atoms. The van der Waals surface area contributed by atoms with E-state index >= 15 is 0 Å². The zero-order valence-corrected chi connectivity index (χ0v) is 22.2. The number of ether oxygens (including phenoxy) is 2. The van der Waals surface area contributed by atoms with Gasteiger partial charge >= 0.3 is 5.97 Å². The molecule has 0 saturated carbocycles. The van der Waals surface area contributed by atoms with E-state index in [4.69, 9.17) is 9.47 Å². The summed E-state index contributed by atoms with van der Waals surface area (Å²) >= 11 is 0. The van der Waals surface area contributed by atoms with Crippen LogP contribution >= 0.6 is 0 Å². The van der Waals surface area contributed by atoms with Crippen LogP contribution in [0.15, 0.2) is 60.7 Å². The van der Waals surface area contributed by atoms with Gasteiger partial charge in [0.15, 0.2) is 0 Å². The first-order valence-electron chi connectivity index (χ1n) is 13.0. The smallest absolute Gasteiger partial charge is 0.355 e. The molecule has 0 bridgehead atoms. The van der Waals surface area contributed by atoms with E-state index in [0.717, 1.165) is 56.2 Å². The van der Waals surface area contributed by atoms with Crippen molar-refractivity contribution in [1.82, 2.24) is 14.8 Å². The number of aryl methyl sites for hydroxylation is 2. The molecule has 1 atom stereocenters. The summed E-state index contributed by atoms with van der Waals surface area (Å²) in [5.74, 6) is 0.478. The number of aromatic amines is 1. The predicted molar refractivity (Wildman–Crippen MR) is 150 cm³/mol. The van der Waals surface area contributed by atoms with Crippen LogP contribution in [-0.4, -0.2) is 39.1 Å². The van der Waals surface area contributed by atoms with E-state index in [2.05, 4.69) is 28.3 Å². The predicted octanol–water partition coefficient (Wildman–Crippen LogP) is 6.27. The summed E-state index contributed by atoms with van der Waals surface area (Å²) in [5, 5.41) is 18.1. The van der Waals surface area contributed by atoms with Crippen LogP contribution in [0, 0.1) is 6.92 Å². The summed E-state index contributed by atoms with van der Waals surface area (Å²) < 4.78 is 13.3. The van der Waals surface area contributed by atoms with Gasteiger partial charge in [-0.2, -0.15) is 5.10 Å². The van der Waals surface area contributed by atoms with Crippen LogP contribution in [0.3, 0.4) is 0 Å². The van der Waals surface area contributed by atoms with Crippen LogP contribution in [0.4, 0.5) is 0 Å². The Bertz CT molecular complexity index is 1610. The maximum absolute atomic E-state index is 13.0. The van der Waals surface area contributed by atoms with Gasteiger partial charge in [-0.05, 0) is 50.6 Å². The Morgan fingerprint density at radius 1 is 1.08 bits per heavy atom. The average molecular weight is 512 g/mol. The van der Waals surface area contributed by atoms with E-state index in [1.54, 1.807) is 18.5 Å². The van der Waals surface area contributed by atoms with Gasteiger partial charge < -0.3 is 19.6 Å². The number of aliphatic hydroxyl groups is 1. The summed E-state index contributed by atoms with van der Waals surface area (Å²) in [6.07, 6.45) is 0.625. The molecule has 2 heterocycles. The van der Waals surface area contributed by atoms with Crippen LogP contribution in [0.2, 0.25) is 0 Å². The number of hydrogen-bond donors (Lipinski definition) is 2. The first-order valence-corrected chi connectivity index (χ1v) is 13.0. The Kier molecular flexibility index (Phi) is 7.20. The lowest BCUT2D eigenvalue weighted by molar-refractivity contribution is 0.0519. The minimum absolute atomic E-state index is 0.290. The Labute approximate surface area is 222 Å². The molecule has 0 amide bonds. The largest absolute Gasteiger partial charge is 0.493 e. The number of hydrogen-bond acceptors (Lipinski definition) is 5. The van der Waals surface area contributed by atoms with Gasteiger partial charge in [0.2, 0.25) is 0 Å². The highest BCUT2D eigenvalue weighted by Gasteiger charge is 2.24. The zero-order valence-electron chi connectivity index (χ0n) is 22.2. The number of rotatable bonds is 9. The molecule has 0 fully saturated rings.